The molecule has 3 N–H and O–H groups in total. The first-order chi connectivity index (χ1) is 10.0. The third-order valence-corrected chi connectivity index (χ3v) is 4.66. The molecule has 0 saturated heterocycles. The van der Waals surface area contributed by atoms with Crippen LogP contribution >= 0.6 is 11.3 Å². The van der Waals surface area contributed by atoms with Crippen molar-refractivity contribution >= 4 is 29.1 Å². The van der Waals surface area contributed by atoms with E-state index in [4.69, 9.17) is 0 Å². The number of thiophene rings is 1. The highest BCUT2D eigenvalue weighted by molar-refractivity contribution is 7.12. The van der Waals surface area contributed by atoms with Crippen molar-refractivity contribution in [3.63, 3.8) is 0 Å². The van der Waals surface area contributed by atoms with Crippen molar-refractivity contribution in [2.24, 2.45) is 5.41 Å². The molecule has 2 amide bonds. The molecule has 1 saturated carbocycles. The minimum Gasteiger partial charge on any atom is -0.481 e. The first-order valence-corrected chi connectivity index (χ1v) is 7.73. The zero-order valence-corrected chi connectivity index (χ0v) is 12.4. The molecule has 6 nitrogen and oxygen atoms in total. The average molecular weight is 310 g/mol. The molecule has 2 rings (SSSR count). The largest absolute Gasteiger partial charge is 0.481 e. The summed E-state index contributed by atoms with van der Waals surface area (Å²) in [4.78, 5) is 35.3. The minimum absolute atomic E-state index is 0.121. The van der Waals surface area contributed by atoms with Crippen LogP contribution in [0.2, 0.25) is 0 Å². The molecule has 0 aliphatic heterocycles. The SMILES string of the molecule is O=C(CNC(=O)c1cccs1)NCC1(C(=O)O)CCCC1. The van der Waals surface area contributed by atoms with Crippen molar-refractivity contribution in [3.8, 4) is 0 Å². The maximum Gasteiger partial charge on any atom is 0.311 e. The Hall–Kier alpha value is -1.89. The number of hydrogen-bond donors (Lipinski definition) is 3. The van der Waals surface area contributed by atoms with Gasteiger partial charge in [-0.3, -0.25) is 14.4 Å². The molecule has 1 aromatic heterocycles. The number of nitrogens with one attached hydrogen (secondary N) is 2. The zero-order valence-electron chi connectivity index (χ0n) is 11.6. The van der Waals surface area contributed by atoms with Gasteiger partial charge < -0.3 is 15.7 Å². The fourth-order valence-electron chi connectivity index (χ4n) is 2.50. The van der Waals surface area contributed by atoms with Gasteiger partial charge in [-0.25, -0.2) is 0 Å². The molecule has 1 heterocycles. The van der Waals surface area contributed by atoms with E-state index in [9.17, 15) is 19.5 Å². The third kappa shape index (κ3) is 3.81. The second-order valence-corrected chi connectivity index (χ2v) is 6.18. The van der Waals surface area contributed by atoms with E-state index in [0.717, 1.165) is 12.8 Å². The van der Waals surface area contributed by atoms with E-state index in [1.165, 1.54) is 11.3 Å². The van der Waals surface area contributed by atoms with E-state index in [0.29, 0.717) is 17.7 Å². The van der Waals surface area contributed by atoms with Crippen molar-refractivity contribution in [1.82, 2.24) is 10.6 Å². The van der Waals surface area contributed by atoms with Crippen molar-refractivity contribution < 1.29 is 19.5 Å². The highest BCUT2D eigenvalue weighted by Crippen LogP contribution is 2.37. The van der Waals surface area contributed by atoms with Gasteiger partial charge in [0.15, 0.2) is 0 Å². The summed E-state index contributed by atoms with van der Waals surface area (Å²) in [6, 6.07) is 3.44. The summed E-state index contributed by atoms with van der Waals surface area (Å²) in [7, 11) is 0. The van der Waals surface area contributed by atoms with Gasteiger partial charge in [0.1, 0.15) is 0 Å². The molecule has 0 aromatic carbocycles. The summed E-state index contributed by atoms with van der Waals surface area (Å²) in [5.74, 6) is -1.52. The highest BCUT2D eigenvalue weighted by atomic mass is 32.1. The minimum atomic E-state index is -0.858. The van der Waals surface area contributed by atoms with Crippen LogP contribution < -0.4 is 10.6 Å². The lowest BCUT2D eigenvalue weighted by atomic mass is 9.86. The maximum atomic E-state index is 11.7. The van der Waals surface area contributed by atoms with Crippen LogP contribution in [-0.4, -0.2) is 36.0 Å². The summed E-state index contributed by atoms with van der Waals surface area (Å²) < 4.78 is 0. The van der Waals surface area contributed by atoms with E-state index < -0.39 is 11.4 Å². The van der Waals surface area contributed by atoms with Gasteiger partial charge in [0.2, 0.25) is 5.91 Å². The number of aliphatic carboxylic acids is 1. The Kier molecular flexibility index (Phi) is 4.95. The molecule has 0 atom stereocenters. The van der Waals surface area contributed by atoms with Gasteiger partial charge in [0.25, 0.3) is 5.91 Å². The van der Waals surface area contributed by atoms with Gasteiger partial charge in [-0.15, -0.1) is 11.3 Å². The predicted molar refractivity (Wildman–Crippen MR) is 78.2 cm³/mol. The van der Waals surface area contributed by atoms with Crippen molar-refractivity contribution in [2.75, 3.05) is 13.1 Å². The zero-order chi connectivity index (χ0) is 15.3. The average Bonchev–Trinajstić information content (AvgIpc) is 3.13. The Balaban J connectivity index is 1.77. The monoisotopic (exact) mass is 310 g/mol. The molecule has 114 valence electrons. The number of rotatable bonds is 6. The van der Waals surface area contributed by atoms with Gasteiger partial charge >= 0.3 is 5.97 Å². The molecule has 1 aliphatic carbocycles. The van der Waals surface area contributed by atoms with E-state index in [-0.39, 0.29) is 24.9 Å². The number of carboxylic acid groups (broad SMARTS) is 1. The number of amides is 2. The Morgan fingerprint density at radius 1 is 1.24 bits per heavy atom. The lowest BCUT2D eigenvalue weighted by molar-refractivity contribution is -0.148. The normalized spacial score (nSPS) is 16.4. The van der Waals surface area contributed by atoms with Gasteiger partial charge in [-0.2, -0.15) is 0 Å². The quantitative estimate of drug-likeness (QED) is 0.736. The van der Waals surface area contributed by atoms with Gasteiger partial charge in [0, 0.05) is 6.54 Å². The maximum absolute atomic E-state index is 11.7. The number of carboxylic acids is 1. The van der Waals surface area contributed by atoms with Crippen molar-refractivity contribution in [3.05, 3.63) is 22.4 Å². The number of carbonyl (C=O) groups excluding carboxylic acids is 2. The van der Waals surface area contributed by atoms with Crippen LogP contribution in [0.1, 0.15) is 35.4 Å². The molecule has 1 aromatic rings. The van der Waals surface area contributed by atoms with Crippen LogP contribution in [0.15, 0.2) is 17.5 Å². The standard InChI is InChI=1S/C14H18N2O4S/c17-11(8-15-12(18)10-4-3-7-21-10)16-9-14(13(19)20)5-1-2-6-14/h3-4,7H,1-2,5-6,8-9H2,(H,15,18)(H,16,17)(H,19,20). The summed E-state index contributed by atoms with van der Waals surface area (Å²) in [5, 5.41) is 16.2. The van der Waals surface area contributed by atoms with Crippen LogP contribution in [0.25, 0.3) is 0 Å². The van der Waals surface area contributed by atoms with Gasteiger partial charge in [-0.05, 0) is 24.3 Å². The number of hydrogen-bond acceptors (Lipinski definition) is 4. The Bertz CT molecular complexity index is 521. The third-order valence-electron chi connectivity index (χ3n) is 3.79. The second kappa shape index (κ2) is 6.71. The molecule has 21 heavy (non-hydrogen) atoms. The lowest BCUT2D eigenvalue weighted by Gasteiger charge is -2.23. The molecule has 7 heteroatoms. The van der Waals surface area contributed by atoms with Gasteiger partial charge in [-0.1, -0.05) is 18.9 Å². The highest BCUT2D eigenvalue weighted by Gasteiger charge is 2.41. The summed E-state index contributed by atoms with van der Waals surface area (Å²) in [6.45, 7) is -0.0253. The van der Waals surface area contributed by atoms with E-state index in [1.807, 2.05) is 0 Å². The van der Waals surface area contributed by atoms with Crippen LogP contribution in [0.3, 0.4) is 0 Å². The molecule has 1 aliphatic rings. The van der Waals surface area contributed by atoms with Crippen molar-refractivity contribution in [1.29, 1.82) is 0 Å². The molecule has 0 bridgehead atoms. The molecular weight excluding hydrogens is 292 g/mol. The van der Waals surface area contributed by atoms with Gasteiger partial charge in [0.05, 0.1) is 16.8 Å². The predicted octanol–water partition coefficient (Wildman–Crippen LogP) is 1.24. The van der Waals surface area contributed by atoms with Crippen LogP contribution in [0, 0.1) is 5.41 Å². The smallest absolute Gasteiger partial charge is 0.311 e. The first kappa shape index (κ1) is 15.5. The molecule has 1 fully saturated rings. The summed E-state index contributed by atoms with van der Waals surface area (Å²) in [5.41, 5.74) is -0.840. The summed E-state index contributed by atoms with van der Waals surface area (Å²) >= 11 is 1.30. The first-order valence-electron chi connectivity index (χ1n) is 6.85. The van der Waals surface area contributed by atoms with Crippen LogP contribution in [0.5, 0.6) is 0 Å². The lowest BCUT2D eigenvalue weighted by Crippen LogP contribution is -2.44. The number of carbonyl (C=O) groups is 3. The second-order valence-electron chi connectivity index (χ2n) is 5.23. The van der Waals surface area contributed by atoms with E-state index in [1.54, 1.807) is 17.5 Å². The fourth-order valence-corrected chi connectivity index (χ4v) is 3.14. The molecule has 0 radical (unpaired) electrons. The molecular formula is C14H18N2O4S. The Labute approximate surface area is 126 Å². The Morgan fingerprint density at radius 3 is 2.52 bits per heavy atom. The fraction of sp³-hybridized carbons (Fsp3) is 0.500. The summed E-state index contributed by atoms with van der Waals surface area (Å²) in [6.07, 6.45) is 2.92. The van der Waals surface area contributed by atoms with E-state index in [2.05, 4.69) is 10.6 Å². The Morgan fingerprint density at radius 2 is 1.95 bits per heavy atom. The van der Waals surface area contributed by atoms with Crippen LogP contribution in [-0.2, 0) is 9.59 Å². The molecule has 0 spiro atoms. The topological polar surface area (TPSA) is 95.5 Å². The van der Waals surface area contributed by atoms with Crippen molar-refractivity contribution in [2.45, 2.75) is 25.7 Å². The molecule has 0 unspecified atom stereocenters. The van der Waals surface area contributed by atoms with Crippen LogP contribution in [0.4, 0.5) is 0 Å². The van der Waals surface area contributed by atoms with E-state index >= 15 is 0 Å².